The fraction of sp³-hybridized carbons (Fsp3) is 0.250. The minimum atomic E-state index is -1.29. The molecule has 5 heteroatoms. The quantitative estimate of drug-likeness (QED) is 0.916. The standard InChI is InChI=1S/C16H16FNO3/c1-3-13-14(8-7-10(2)18-13)21-9-11-5-4-6-12(15(11)17)16(19)20/h4-8H,3,9H2,1-2H3,(H,19,20). The first-order chi connectivity index (χ1) is 10.0. The number of aryl methyl sites for hydroxylation is 2. The molecule has 0 spiro atoms. The lowest BCUT2D eigenvalue weighted by Gasteiger charge is -2.11. The maximum atomic E-state index is 14.0. The molecule has 1 aromatic carbocycles. The van der Waals surface area contributed by atoms with Gasteiger partial charge >= 0.3 is 5.97 Å². The summed E-state index contributed by atoms with van der Waals surface area (Å²) in [6.45, 7) is 3.81. The van der Waals surface area contributed by atoms with Gasteiger partial charge in [-0.3, -0.25) is 4.98 Å². The van der Waals surface area contributed by atoms with Gasteiger partial charge in [0.15, 0.2) is 0 Å². The van der Waals surface area contributed by atoms with Crippen LogP contribution in [0.2, 0.25) is 0 Å². The third-order valence-corrected chi connectivity index (χ3v) is 3.10. The molecule has 2 aromatic rings. The largest absolute Gasteiger partial charge is 0.487 e. The van der Waals surface area contributed by atoms with Crippen LogP contribution in [-0.2, 0) is 13.0 Å². The molecule has 1 aromatic heterocycles. The van der Waals surface area contributed by atoms with E-state index >= 15 is 0 Å². The van der Waals surface area contributed by atoms with Gasteiger partial charge in [0.25, 0.3) is 0 Å². The Labute approximate surface area is 122 Å². The average Bonchev–Trinajstić information content (AvgIpc) is 2.46. The Hall–Kier alpha value is -2.43. The van der Waals surface area contributed by atoms with Crippen LogP contribution in [0.4, 0.5) is 4.39 Å². The second-order valence-corrected chi connectivity index (χ2v) is 4.62. The number of carbonyl (C=O) groups is 1. The van der Waals surface area contributed by atoms with Gasteiger partial charge in [0.1, 0.15) is 18.2 Å². The second kappa shape index (κ2) is 6.35. The number of carboxylic acid groups (broad SMARTS) is 1. The number of aromatic nitrogens is 1. The van der Waals surface area contributed by atoms with Crippen molar-refractivity contribution in [2.45, 2.75) is 26.9 Å². The highest BCUT2D eigenvalue weighted by Crippen LogP contribution is 2.20. The normalized spacial score (nSPS) is 10.4. The lowest BCUT2D eigenvalue weighted by Crippen LogP contribution is -2.07. The van der Waals surface area contributed by atoms with E-state index in [9.17, 15) is 9.18 Å². The molecular formula is C16H16FNO3. The van der Waals surface area contributed by atoms with Crippen molar-refractivity contribution in [3.63, 3.8) is 0 Å². The number of hydrogen-bond acceptors (Lipinski definition) is 3. The van der Waals surface area contributed by atoms with E-state index in [2.05, 4.69) is 4.98 Å². The van der Waals surface area contributed by atoms with Crippen LogP contribution in [-0.4, -0.2) is 16.1 Å². The highest BCUT2D eigenvalue weighted by Gasteiger charge is 2.14. The zero-order chi connectivity index (χ0) is 15.4. The average molecular weight is 289 g/mol. The number of aromatic carboxylic acids is 1. The van der Waals surface area contributed by atoms with Crippen LogP contribution in [0.3, 0.4) is 0 Å². The molecule has 4 nitrogen and oxygen atoms in total. The third-order valence-electron chi connectivity index (χ3n) is 3.10. The smallest absolute Gasteiger partial charge is 0.338 e. The van der Waals surface area contributed by atoms with Crippen LogP contribution in [0.25, 0.3) is 0 Å². The van der Waals surface area contributed by atoms with Crippen molar-refractivity contribution in [3.8, 4) is 5.75 Å². The Morgan fingerprint density at radius 2 is 2.10 bits per heavy atom. The molecule has 0 amide bonds. The fourth-order valence-corrected chi connectivity index (χ4v) is 1.99. The van der Waals surface area contributed by atoms with Gasteiger partial charge in [-0.05, 0) is 31.5 Å². The highest BCUT2D eigenvalue weighted by molar-refractivity contribution is 5.88. The lowest BCUT2D eigenvalue weighted by molar-refractivity contribution is 0.0691. The van der Waals surface area contributed by atoms with Crippen molar-refractivity contribution in [3.05, 3.63) is 58.7 Å². The molecule has 110 valence electrons. The SMILES string of the molecule is CCc1nc(C)ccc1OCc1cccc(C(=O)O)c1F. The molecule has 0 radical (unpaired) electrons. The molecule has 0 saturated heterocycles. The summed E-state index contributed by atoms with van der Waals surface area (Å²) in [4.78, 5) is 15.3. The number of pyridine rings is 1. The van der Waals surface area contributed by atoms with E-state index in [4.69, 9.17) is 9.84 Å². The van der Waals surface area contributed by atoms with E-state index in [-0.39, 0.29) is 17.7 Å². The molecule has 0 aliphatic carbocycles. The number of hydrogen-bond donors (Lipinski definition) is 1. The lowest BCUT2D eigenvalue weighted by atomic mass is 10.1. The topological polar surface area (TPSA) is 59.4 Å². The van der Waals surface area contributed by atoms with Crippen molar-refractivity contribution in [1.29, 1.82) is 0 Å². The molecule has 0 atom stereocenters. The first-order valence-electron chi connectivity index (χ1n) is 6.63. The predicted octanol–water partition coefficient (Wildman–Crippen LogP) is 3.37. The van der Waals surface area contributed by atoms with E-state index in [0.29, 0.717) is 12.2 Å². The van der Waals surface area contributed by atoms with Gasteiger partial charge < -0.3 is 9.84 Å². The van der Waals surface area contributed by atoms with Crippen molar-refractivity contribution in [2.75, 3.05) is 0 Å². The minimum absolute atomic E-state index is 0.0370. The number of halogens is 1. The minimum Gasteiger partial charge on any atom is -0.487 e. The first-order valence-corrected chi connectivity index (χ1v) is 6.63. The van der Waals surface area contributed by atoms with E-state index in [1.807, 2.05) is 19.9 Å². The molecule has 21 heavy (non-hydrogen) atoms. The van der Waals surface area contributed by atoms with Crippen LogP contribution in [0.1, 0.15) is 34.2 Å². The van der Waals surface area contributed by atoms with E-state index in [1.165, 1.54) is 18.2 Å². The zero-order valence-electron chi connectivity index (χ0n) is 11.9. The molecule has 1 heterocycles. The van der Waals surface area contributed by atoms with Crippen molar-refractivity contribution < 1.29 is 19.0 Å². The van der Waals surface area contributed by atoms with Crippen molar-refractivity contribution in [1.82, 2.24) is 4.98 Å². The molecule has 0 saturated carbocycles. The molecule has 2 rings (SSSR count). The van der Waals surface area contributed by atoms with Gasteiger partial charge in [-0.1, -0.05) is 19.1 Å². The van der Waals surface area contributed by atoms with Gasteiger partial charge in [-0.25, -0.2) is 9.18 Å². The molecule has 1 N–H and O–H groups in total. The molecule has 0 aliphatic heterocycles. The van der Waals surface area contributed by atoms with Crippen LogP contribution in [0.15, 0.2) is 30.3 Å². The summed E-state index contributed by atoms with van der Waals surface area (Å²) in [6, 6.07) is 7.85. The molecule has 0 unspecified atom stereocenters. The predicted molar refractivity (Wildman–Crippen MR) is 76.0 cm³/mol. The van der Waals surface area contributed by atoms with Gasteiger partial charge in [0, 0.05) is 11.3 Å². The Bertz CT molecular complexity index is 671. The van der Waals surface area contributed by atoms with Crippen molar-refractivity contribution >= 4 is 5.97 Å². The number of carboxylic acids is 1. The Kier molecular flexibility index (Phi) is 4.52. The number of benzene rings is 1. The second-order valence-electron chi connectivity index (χ2n) is 4.62. The van der Waals surface area contributed by atoms with E-state index < -0.39 is 11.8 Å². The van der Waals surface area contributed by atoms with Crippen LogP contribution >= 0.6 is 0 Å². The van der Waals surface area contributed by atoms with Gasteiger partial charge in [0.2, 0.25) is 0 Å². The van der Waals surface area contributed by atoms with Gasteiger partial charge in [0.05, 0.1) is 11.3 Å². The Morgan fingerprint density at radius 1 is 1.33 bits per heavy atom. The number of nitrogens with zero attached hydrogens (tertiary/aromatic N) is 1. The summed E-state index contributed by atoms with van der Waals surface area (Å²) in [5, 5.41) is 8.90. The number of ether oxygens (including phenoxy) is 1. The zero-order valence-corrected chi connectivity index (χ0v) is 11.9. The molecular weight excluding hydrogens is 273 g/mol. The van der Waals surface area contributed by atoms with Gasteiger partial charge in [-0.2, -0.15) is 0 Å². The fourth-order valence-electron chi connectivity index (χ4n) is 1.99. The molecule has 0 bridgehead atoms. The van der Waals surface area contributed by atoms with E-state index in [1.54, 1.807) is 6.07 Å². The Morgan fingerprint density at radius 3 is 2.76 bits per heavy atom. The summed E-state index contributed by atoms with van der Waals surface area (Å²) in [6.07, 6.45) is 0.703. The summed E-state index contributed by atoms with van der Waals surface area (Å²) in [5.74, 6) is -1.47. The highest BCUT2D eigenvalue weighted by atomic mass is 19.1. The number of rotatable bonds is 5. The Balaban J connectivity index is 2.21. The third kappa shape index (κ3) is 3.37. The molecule has 0 fully saturated rings. The van der Waals surface area contributed by atoms with Crippen molar-refractivity contribution in [2.24, 2.45) is 0 Å². The maximum absolute atomic E-state index is 14.0. The maximum Gasteiger partial charge on any atom is 0.338 e. The van der Waals surface area contributed by atoms with E-state index in [0.717, 1.165) is 11.4 Å². The monoisotopic (exact) mass is 289 g/mol. The van der Waals surface area contributed by atoms with Crippen LogP contribution in [0, 0.1) is 12.7 Å². The molecule has 0 aliphatic rings. The first kappa shape index (κ1) is 15.0. The van der Waals surface area contributed by atoms with Crippen LogP contribution < -0.4 is 4.74 Å². The summed E-state index contributed by atoms with van der Waals surface area (Å²) >= 11 is 0. The summed E-state index contributed by atoms with van der Waals surface area (Å²) < 4.78 is 19.6. The summed E-state index contributed by atoms with van der Waals surface area (Å²) in [5.41, 5.74) is 1.54. The van der Waals surface area contributed by atoms with Crippen LogP contribution in [0.5, 0.6) is 5.75 Å². The summed E-state index contributed by atoms with van der Waals surface area (Å²) in [7, 11) is 0. The van der Waals surface area contributed by atoms with Gasteiger partial charge in [-0.15, -0.1) is 0 Å².